The van der Waals surface area contributed by atoms with Crippen LogP contribution < -0.4 is 10.6 Å². The predicted molar refractivity (Wildman–Crippen MR) is 47.2 cm³/mol. The Hall–Kier alpha value is -1.71. The first kappa shape index (κ1) is 7.91. The van der Waals surface area contributed by atoms with Crippen molar-refractivity contribution in [2.45, 2.75) is 6.92 Å². The van der Waals surface area contributed by atoms with Gasteiger partial charge in [-0.2, -0.15) is 0 Å². The van der Waals surface area contributed by atoms with Crippen molar-refractivity contribution in [3.63, 3.8) is 0 Å². The number of allylic oxidation sites excluding steroid dienone is 2. The van der Waals surface area contributed by atoms with Crippen LogP contribution in [0, 0.1) is 0 Å². The molecule has 13 heavy (non-hydrogen) atoms. The zero-order valence-electron chi connectivity index (χ0n) is 7.26. The topological polar surface area (TPSA) is 50.4 Å². The van der Waals surface area contributed by atoms with E-state index in [1.54, 1.807) is 12.3 Å². The van der Waals surface area contributed by atoms with Crippen molar-refractivity contribution in [3.8, 4) is 0 Å². The molecule has 2 heterocycles. The number of amides is 1. The lowest BCUT2D eigenvalue weighted by Crippen LogP contribution is -2.32. The molecule has 2 aliphatic rings. The molecule has 2 aliphatic heterocycles. The minimum absolute atomic E-state index is 0.0924. The molecule has 0 bridgehead atoms. The molecule has 0 aromatic heterocycles. The molecular weight excluding hydrogens is 168 g/mol. The number of ether oxygens (including phenoxy) is 1. The molecule has 0 radical (unpaired) electrons. The quantitative estimate of drug-likeness (QED) is 0.563. The highest BCUT2D eigenvalue weighted by molar-refractivity contribution is 5.97. The lowest BCUT2D eigenvalue weighted by Gasteiger charge is -2.16. The summed E-state index contributed by atoms with van der Waals surface area (Å²) in [4.78, 5) is 11.3. The van der Waals surface area contributed by atoms with Crippen molar-refractivity contribution in [2.24, 2.45) is 0 Å². The third kappa shape index (κ3) is 1.42. The highest BCUT2D eigenvalue weighted by atomic mass is 16.5. The molecule has 4 nitrogen and oxygen atoms in total. The second kappa shape index (κ2) is 2.97. The van der Waals surface area contributed by atoms with Crippen molar-refractivity contribution >= 4 is 5.91 Å². The van der Waals surface area contributed by atoms with Gasteiger partial charge in [0.2, 0.25) is 0 Å². The molecule has 0 atom stereocenters. The molecule has 4 heteroatoms. The third-order valence-corrected chi connectivity index (χ3v) is 1.88. The van der Waals surface area contributed by atoms with Crippen molar-refractivity contribution in [2.75, 3.05) is 6.73 Å². The Morgan fingerprint density at radius 2 is 2.38 bits per heavy atom. The standard InChI is InChI=1S/C9H10N2O2/c1-6-4-8-7(2-3-10-6)9(12)11-5-13-8/h2-4,10H,5H2,1H3,(H,11,12). The van der Waals surface area contributed by atoms with Crippen LogP contribution in [0.1, 0.15) is 6.92 Å². The SMILES string of the molecule is CC1=CC2=C(C=CN1)C(=O)NCO2. The Bertz CT molecular complexity index is 340. The van der Waals surface area contributed by atoms with Gasteiger partial charge >= 0.3 is 0 Å². The Morgan fingerprint density at radius 3 is 3.23 bits per heavy atom. The molecule has 68 valence electrons. The van der Waals surface area contributed by atoms with Gasteiger partial charge in [-0.1, -0.05) is 0 Å². The molecule has 0 fully saturated rings. The summed E-state index contributed by atoms with van der Waals surface area (Å²) in [6.45, 7) is 2.16. The fraction of sp³-hybridized carbons (Fsp3) is 0.222. The summed E-state index contributed by atoms with van der Waals surface area (Å²) < 4.78 is 5.28. The summed E-state index contributed by atoms with van der Waals surface area (Å²) >= 11 is 0. The Labute approximate surface area is 76.0 Å². The first-order valence-corrected chi connectivity index (χ1v) is 4.04. The van der Waals surface area contributed by atoms with Crippen LogP contribution in [0.2, 0.25) is 0 Å². The smallest absolute Gasteiger partial charge is 0.257 e. The van der Waals surface area contributed by atoms with Crippen LogP contribution in [0.15, 0.2) is 35.4 Å². The van der Waals surface area contributed by atoms with Crippen LogP contribution in [-0.4, -0.2) is 12.6 Å². The van der Waals surface area contributed by atoms with Crippen LogP contribution in [0.4, 0.5) is 0 Å². The van der Waals surface area contributed by atoms with Crippen LogP contribution in [0.3, 0.4) is 0 Å². The van der Waals surface area contributed by atoms with Crippen LogP contribution in [0.5, 0.6) is 0 Å². The van der Waals surface area contributed by atoms with E-state index >= 15 is 0 Å². The summed E-state index contributed by atoms with van der Waals surface area (Å²) in [7, 11) is 0. The molecule has 0 unspecified atom stereocenters. The molecule has 0 saturated carbocycles. The van der Waals surface area contributed by atoms with E-state index in [9.17, 15) is 4.79 Å². The number of carbonyl (C=O) groups is 1. The highest BCUT2D eigenvalue weighted by Crippen LogP contribution is 2.16. The van der Waals surface area contributed by atoms with Gasteiger partial charge in [0.25, 0.3) is 5.91 Å². The van der Waals surface area contributed by atoms with Gasteiger partial charge in [-0.05, 0) is 13.0 Å². The van der Waals surface area contributed by atoms with Gasteiger partial charge in [-0.3, -0.25) is 4.79 Å². The lowest BCUT2D eigenvalue weighted by atomic mass is 10.2. The second-order valence-corrected chi connectivity index (χ2v) is 2.88. The minimum Gasteiger partial charge on any atom is -0.472 e. The van der Waals surface area contributed by atoms with Gasteiger partial charge in [-0.15, -0.1) is 0 Å². The van der Waals surface area contributed by atoms with E-state index in [0.29, 0.717) is 11.3 Å². The van der Waals surface area contributed by atoms with Gasteiger partial charge in [0.15, 0.2) is 6.73 Å². The normalized spacial score (nSPS) is 20.7. The third-order valence-electron chi connectivity index (χ3n) is 1.88. The summed E-state index contributed by atoms with van der Waals surface area (Å²) in [5.74, 6) is 0.535. The molecule has 0 aromatic carbocycles. The van der Waals surface area contributed by atoms with Gasteiger partial charge in [-0.25, -0.2) is 0 Å². The second-order valence-electron chi connectivity index (χ2n) is 2.88. The number of hydrogen-bond donors (Lipinski definition) is 2. The van der Waals surface area contributed by atoms with Crippen molar-refractivity contribution in [1.82, 2.24) is 10.6 Å². The van der Waals surface area contributed by atoms with E-state index in [2.05, 4.69) is 10.6 Å². The molecule has 0 saturated heterocycles. The maximum atomic E-state index is 11.3. The summed E-state index contributed by atoms with van der Waals surface area (Å²) in [5, 5.41) is 5.60. The van der Waals surface area contributed by atoms with Crippen molar-refractivity contribution in [1.29, 1.82) is 0 Å². The van der Waals surface area contributed by atoms with Gasteiger partial charge in [0.05, 0.1) is 5.57 Å². The molecule has 0 aromatic rings. The summed E-state index contributed by atoms with van der Waals surface area (Å²) in [5.41, 5.74) is 1.52. The lowest BCUT2D eigenvalue weighted by molar-refractivity contribution is -0.119. The fourth-order valence-electron chi connectivity index (χ4n) is 1.24. The average molecular weight is 178 g/mol. The van der Waals surface area contributed by atoms with Crippen LogP contribution >= 0.6 is 0 Å². The monoisotopic (exact) mass is 178 g/mol. The highest BCUT2D eigenvalue weighted by Gasteiger charge is 2.18. The Balaban J connectivity index is 2.45. The van der Waals surface area contributed by atoms with E-state index < -0.39 is 0 Å². The van der Waals surface area contributed by atoms with E-state index in [4.69, 9.17) is 4.74 Å². The van der Waals surface area contributed by atoms with E-state index in [1.807, 2.05) is 13.0 Å². The zero-order chi connectivity index (χ0) is 9.26. The largest absolute Gasteiger partial charge is 0.472 e. The average Bonchev–Trinajstić information content (AvgIpc) is 2.27. The maximum Gasteiger partial charge on any atom is 0.257 e. The van der Waals surface area contributed by atoms with E-state index in [0.717, 1.165) is 5.70 Å². The summed E-state index contributed by atoms with van der Waals surface area (Å²) in [6, 6.07) is 0. The number of nitrogens with one attached hydrogen (secondary N) is 2. The molecule has 2 N–H and O–H groups in total. The molecule has 1 amide bonds. The van der Waals surface area contributed by atoms with Crippen LogP contribution in [-0.2, 0) is 9.53 Å². The van der Waals surface area contributed by atoms with Crippen LogP contribution in [0.25, 0.3) is 0 Å². The zero-order valence-corrected chi connectivity index (χ0v) is 7.26. The number of carbonyl (C=O) groups excluding carboxylic acids is 1. The Kier molecular flexibility index (Phi) is 1.81. The van der Waals surface area contributed by atoms with Crippen molar-refractivity contribution < 1.29 is 9.53 Å². The molecule has 0 spiro atoms. The van der Waals surface area contributed by atoms with E-state index in [-0.39, 0.29) is 12.6 Å². The predicted octanol–water partition coefficient (Wildman–Crippen LogP) is 0.365. The first-order chi connectivity index (χ1) is 6.27. The van der Waals surface area contributed by atoms with E-state index in [1.165, 1.54) is 0 Å². The minimum atomic E-state index is -0.0924. The molecule has 2 rings (SSSR count). The van der Waals surface area contributed by atoms with Gasteiger partial charge < -0.3 is 15.4 Å². The number of hydrogen-bond acceptors (Lipinski definition) is 3. The molecule has 0 aliphatic carbocycles. The maximum absolute atomic E-state index is 11.3. The first-order valence-electron chi connectivity index (χ1n) is 4.04. The van der Waals surface area contributed by atoms with Gasteiger partial charge in [0.1, 0.15) is 5.76 Å². The fourth-order valence-corrected chi connectivity index (χ4v) is 1.24. The Morgan fingerprint density at radius 1 is 1.54 bits per heavy atom. The van der Waals surface area contributed by atoms with Crippen molar-refractivity contribution in [3.05, 3.63) is 35.4 Å². The summed E-state index contributed by atoms with van der Waals surface area (Å²) in [6.07, 6.45) is 5.24. The van der Waals surface area contributed by atoms with Gasteiger partial charge in [0, 0.05) is 18.0 Å². The molecular formula is C9H10N2O2. The number of rotatable bonds is 0.